The minimum Gasteiger partial charge on any atom is -0.478 e. The van der Waals surface area contributed by atoms with Gasteiger partial charge < -0.3 is 15.7 Å². The second-order valence-corrected chi connectivity index (χ2v) is 4.82. The van der Waals surface area contributed by atoms with Crippen molar-refractivity contribution in [3.63, 3.8) is 0 Å². The summed E-state index contributed by atoms with van der Waals surface area (Å²) in [5, 5.41) is 9.16. The summed E-state index contributed by atoms with van der Waals surface area (Å²) in [6.45, 7) is 0. The molecule has 0 heterocycles. The van der Waals surface area contributed by atoms with Gasteiger partial charge in [0.25, 0.3) is 5.91 Å². The number of rotatable bonds is 4. The zero-order valence-corrected chi connectivity index (χ0v) is 12.0. The molecule has 0 aliphatic heterocycles. The fourth-order valence-electron chi connectivity index (χ4n) is 2.00. The van der Waals surface area contributed by atoms with Gasteiger partial charge in [-0.15, -0.1) is 0 Å². The predicted octanol–water partition coefficient (Wildman–Crippen LogP) is 2.91. The summed E-state index contributed by atoms with van der Waals surface area (Å²) in [4.78, 5) is 24.1. The Bertz CT molecular complexity index is 699. The van der Waals surface area contributed by atoms with E-state index in [1.54, 1.807) is 42.3 Å². The van der Waals surface area contributed by atoms with Gasteiger partial charge in [0.05, 0.1) is 21.8 Å². The van der Waals surface area contributed by atoms with Crippen LogP contribution < -0.4 is 10.6 Å². The van der Waals surface area contributed by atoms with Crippen molar-refractivity contribution in [2.75, 3.05) is 11.9 Å². The first-order valence-electron chi connectivity index (χ1n) is 6.07. The van der Waals surface area contributed by atoms with Crippen LogP contribution in [-0.2, 0) is 0 Å². The number of carboxylic acids is 1. The van der Waals surface area contributed by atoms with E-state index in [4.69, 9.17) is 22.4 Å². The van der Waals surface area contributed by atoms with Crippen molar-refractivity contribution in [3.8, 4) is 0 Å². The molecular weight excluding hydrogens is 292 g/mol. The fourth-order valence-corrected chi connectivity index (χ4v) is 2.27. The number of carbonyl (C=O) groups is 2. The Hall–Kier alpha value is -2.53. The zero-order valence-electron chi connectivity index (χ0n) is 11.2. The van der Waals surface area contributed by atoms with Gasteiger partial charge in [-0.25, -0.2) is 4.79 Å². The molecule has 0 bridgehead atoms. The maximum absolute atomic E-state index is 11.6. The van der Waals surface area contributed by atoms with E-state index in [2.05, 4.69) is 0 Å². The number of hydrogen-bond donors (Lipinski definition) is 2. The quantitative estimate of drug-likeness (QED) is 0.909. The molecular formula is C15H13ClN2O3. The summed E-state index contributed by atoms with van der Waals surface area (Å²) in [5.74, 6) is -1.62. The van der Waals surface area contributed by atoms with Crippen LogP contribution in [0.4, 0.5) is 11.4 Å². The highest BCUT2D eigenvalue weighted by Crippen LogP contribution is 2.31. The Kier molecular flexibility index (Phi) is 4.14. The van der Waals surface area contributed by atoms with Gasteiger partial charge in [-0.05, 0) is 36.4 Å². The Balaban J connectivity index is 2.45. The monoisotopic (exact) mass is 304 g/mol. The van der Waals surface area contributed by atoms with Gasteiger partial charge in [0.15, 0.2) is 0 Å². The summed E-state index contributed by atoms with van der Waals surface area (Å²) in [5.41, 5.74) is 7.05. The molecule has 2 rings (SSSR count). The number of primary amides is 1. The number of nitrogens with zero attached hydrogens (tertiary/aromatic N) is 1. The molecule has 2 aromatic carbocycles. The molecule has 5 nitrogen and oxygen atoms in total. The standard InChI is InChI=1S/C15H13ClN2O3/c1-18(10-7-5-9(6-8-10)15(20)21)12-4-2-3-11(16)13(12)14(17)19/h2-8H,1H3,(H2,17,19)(H,20,21). The van der Waals surface area contributed by atoms with Crippen molar-refractivity contribution in [2.45, 2.75) is 0 Å². The van der Waals surface area contributed by atoms with Gasteiger partial charge >= 0.3 is 5.97 Å². The summed E-state index contributed by atoms with van der Waals surface area (Å²) in [7, 11) is 1.74. The molecule has 0 aliphatic rings. The summed E-state index contributed by atoms with van der Waals surface area (Å²) in [6.07, 6.45) is 0. The molecule has 0 atom stereocenters. The predicted molar refractivity (Wildman–Crippen MR) is 81.4 cm³/mol. The highest BCUT2D eigenvalue weighted by atomic mass is 35.5. The number of carbonyl (C=O) groups excluding carboxylic acids is 1. The van der Waals surface area contributed by atoms with E-state index in [0.717, 1.165) is 0 Å². The number of benzene rings is 2. The fraction of sp³-hybridized carbons (Fsp3) is 0.0667. The van der Waals surface area contributed by atoms with Crippen LogP contribution in [0.15, 0.2) is 42.5 Å². The van der Waals surface area contributed by atoms with Gasteiger partial charge in [0.1, 0.15) is 0 Å². The number of amides is 1. The normalized spacial score (nSPS) is 10.2. The minimum absolute atomic E-state index is 0.188. The first-order chi connectivity index (χ1) is 9.91. The summed E-state index contributed by atoms with van der Waals surface area (Å²) >= 11 is 6.02. The van der Waals surface area contributed by atoms with Crippen molar-refractivity contribution in [2.24, 2.45) is 5.73 Å². The third-order valence-corrected chi connectivity index (χ3v) is 3.42. The molecule has 0 fully saturated rings. The van der Waals surface area contributed by atoms with Crippen molar-refractivity contribution in [3.05, 3.63) is 58.6 Å². The van der Waals surface area contributed by atoms with Crippen molar-refractivity contribution < 1.29 is 14.7 Å². The molecule has 6 heteroatoms. The van der Waals surface area contributed by atoms with Crippen LogP contribution in [0.3, 0.4) is 0 Å². The third kappa shape index (κ3) is 2.98. The number of nitrogens with two attached hydrogens (primary N) is 1. The molecule has 1 amide bonds. The maximum Gasteiger partial charge on any atom is 0.335 e. The van der Waals surface area contributed by atoms with Gasteiger partial charge in [0.2, 0.25) is 0 Å². The van der Waals surface area contributed by atoms with Crippen LogP contribution in [0, 0.1) is 0 Å². The van der Waals surface area contributed by atoms with Gasteiger partial charge in [-0.2, -0.15) is 0 Å². The van der Waals surface area contributed by atoms with Crippen LogP contribution in [0.25, 0.3) is 0 Å². The van der Waals surface area contributed by atoms with Crippen LogP contribution in [0.1, 0.15) is 20.7 Å². The summed E-state index contributed by atoms with van der Waals surface area (Å²) < 4.78 is 0. The molecule has 3 N–H and O–H groups in total. The molecule has 2 aromatic rings. The largest absolute Gasteiger partial charge is 0.478 e. The third-order valence-electron chi connectivity index (χ3n) is 3.10. The lowest BCUT2D eigenvalue weighted by Crippen LogP contribution is -2.19. The maximum atomic E-state index is 11.6. The second kappa shape index (κ2) is 5.85. The Morgan fingerprint density at radius 2 is 1.76 bits per heavy atom. The van der Waals surface area contributed by atoms with Gasteiger partial charge in [-0.3, -0.25) is 4.79 Å². The van der Waals surface area contributed by atoms with E-state index >= 15 is 0 Å². The first kappa shape index (κ1) is 14.9. The van der Waals surface area contributed by atoms with Crippen LogP contribution in [0.2, 0.25) is 5.02 Å². The van der Waals surface area contributed by atoms with E-state index in [-0.39, 0.29) is 16.1 Å². The first-order valence-corrected chi connectivity index (χ1v) is 6.45. The number of aromatic carboxylic acids is 1. The van der Waals surface area contributed by atoms with Crippen molar-refractivity contribution in [1.82, 2.24) is 0 Å². The zero-order chi connectivity index (χ0) is 15.6. The van der Waals surface area contributed by atoms with Crippen LogP contribution >= 0.6 is 11.6 Å². The minimum atomic E-state index is -0.996. The molecule has 0 aliphatic carbocycles. The average molecular weight is 305 g/mol. The second-order valence-electron chi connectivity index (χ2n) is 4.41. The SMILES string of the molecule is CN(c1ccc(C(=O)O)cc1)c1cccc(Cl)c1C(N)=O. The van der Waals surface area contributed by atoms with Crippen molar-refractivity contribution >= 4 is 34.9 Å². The molecule has 0 saturated heterocycles. The number of anilines is 2. The smallest absolute Gasteiger partial charge is 0.335 e. The number of hydrogen-bond acceptors (Lipinski definition) is 3. The summed E-state index contributed by atoms with van der Waals surface area (Å²) in [6, 6.07) is 11.3. The number of halogens is 1. The van der Waals surface area contributed by atoms with Gasteiger partial charge in [0, 0.05) is 12.7 Å². The highest BCUT2D eigenvalue weighted by Gasteiger charge is 2.16. The number of carboxylic acid groups (broad SMARTS) is 1. The molecule has 0 unspecified atom stereocenters. The molecule has 0 aromatic heterocycles. The Morgan fingerprint density at radius 1 is 1.14 bits per heavy atom. The topological polar surface area (TPSA) is 83.6 Å². The lowest BCUT2D eigenvalue weighted by molar-refractivity contribution is 0.0696. The highest BCUT2D eigenvalue weighted by molar-refractivity contribution is 6.34. The van der Waals surface area contributed by atoms with Crippen molar-refractivity contribution in [1.29, 1.82) is 0 Å². The van der Waals surface area contributed by atoms with E-state index in [0.29, 0.717) is 11.4 Å². The van der Waals surface area contributed by atoms with Crippen LogP contribution in [0.5, 0.6) is 0 Å². The van der Waals surface area contributed by atoms with Gasteiger partial charge in [-0.1, -0.05) is 17.7 Å². The molecule has 0 radical (unpaired) electrons. The van der Waals surface area contributed by atoms with E-state index in [9.17, 15) is 9.59 Å². The molecule has 21 heavy (non-hydrogen) atoms. The lowest BCUT2D eigenvalue weighted by Gasteiger charge is -2.22. The lowest BCUT2D eigenvalue weighted by atomic mass is 10.1. The molecule has 0 spiro atoms. The Morgan fingerprint density at radius 3 is 2.29 bits per heavy atom. The molecule has 0 saturated carbocycles. The van der Waals surface area contributed by atoms with E-state index in [1.807, 2.05) is 0 Å². The average Bonchev–Trinajstić information content (AvgIpc) is 2.46. The molecule has 108 valence electrons. The van der Waals surface area contributed by atoms with E-state index < -0.39 is 11.9 Å². The Labute approximate surface area is 126 Å². The van der Waals surface area contributed by atoms with E-state index in [1.165, 1.54) is 12.1 Å². The van der Waals surface area contributed by atoms with Crippen LogP contribution in [-0.4, -0.2) is 24.0 Å².